The Kier molecular flexibility index (Phi) is 5.36. The number of nitrogens with zero attached hydrogens (tertiary/aromatic N) is 1. The van der Waals surface area contributed by atoms with Gasteiger partial charge in [-0.25, -0.2) is 4.79 Å². The van der Waals surface area contributed by atoms with Gasteiger partial charge in [-0.05, 0) is 54.3 Å². The van der Waals surface area contributed by atoms with Crippen LogP contribution >= 0.6 is 0 Å². The monoisotopic (exact) mass is 376 g/mol. The third-order valence-electron chi connectivity index (χ3n) is 4.90. The van der Waals surface area contributed by atoms with Crippen molar-refractivity contribution in [1.29, 1.82) is 0 Å². The van der Waals surface area contributed by atoms with Crippen LogP contribution in [0.2, 0.25) is 0 Å². The van der Waals surface area contributed by atoms with E-state index in [0.717, 1.165) is 16.5 Å². The average molecular weight is 376 g/mol. The Morgan fingerprint density at radius 2 is 1.96 bits per heavy atom. The number of carbonyl (C=O) groups excluding carboxylic acids is 1. The normalized spacial score (nSPS) is 11.0. The van der Waals surface area contributed by atoms with Gasteiger partial charge in [-0.1, -0.05) is 32.1 Å². The van der Waals surface area contributed by atoms with Crippen molar-refractivity contribution in [2.24, 2.45) is 0 Å². The summed E-state index contributed by atoms with van der Waals surface area (Å²) in [5.74, 6) is -0.916. The van der Waals surface area contributed by atoms with Crippen molar-refractivity contribution in [3.05, 3.63) is 77.5 Å². The molecule has 0 aliphatic carbocycles. The second-order valence-corrected chi connectivity index (χ2v) is 7.14. The van der Waals surface area contributed by atoms with Crippen molar-refractivity contribution < 1.29 is 14.7 Å². The molecule has 144 valence electrons. The number of allylic oxidation sites excluding steroid dienone is 1. The molecule has 3 rings (SSSR count). The van der Waals surface area contributed by atoms with Gasteiger partial charge >= 0.3 is 5.97 Å². The van der Waals surface area contributed by atoms with Gasteiger partial charge in [-0.3, -0.25) is 4.79 Å². The number of benzene rings is 2. The first kappa shape index (κ1) is 19.4. The third kappa shape index (κ3) is 3.56. The lowest BCUT2D eigenvalue weighted by atomic mass is 10.0. The van der Waals surface area contributed by atoms with Crippen molar-refractivity contribution in [3.63, 3.8) is 0 Å². The van der Waals surface area contributed by atoms with Crippen LogP contribution in [-0.2, 0) is 6.54 Å². The van der Waals surface area contributed by atoms with Gasteiger partial charge < -0.3 is 15.0 Å². The van der Waals surface area contributed by atoms with E-state index in [1.54, 1.807) is 18.2 Å². The van der Waals surface area contributed by atoms with Gasteiger partial charge in [0, 0.05) is 23.1 Å². The van der Waals surface area contributed by atoms with E-state index in [9.17, 15) is 9.59 Å². The summed E-state index contributed by atoms with van der Waals surface area (Å²) in [6.07, 6.45) is 1.76. The zero-order valence-corrected chi connectivity index (χ0v) is 16.3. The van der Waals surface area contributed by atoms with E-state index in [2.05, 4.69) is 37.9 Å². The molecule has 0 unspecified atom stereocenters. The number of carbonyl (C=O) groups is 2. The van der Waals surface area contributed by atoms with Gasteiger partial charge in [0.15, 0.2) is 0 Å². The fourth-order valence-electron chi connectivity index (χ4n) is 3.43. The minimum atomic E-state index is -1.03. The molecule has 2 aromatic carbocycles. The summed E-state index contributed by atoms with van der Waals surface area (Å²) in [4.78, 5) is 24.3. The second kappa shape index (κ2) is 7.72. The molecule has 0 spiro atoms. The molecule has 0 bridgehead atoms. The minimum absolute atomic E-state index is 0.128. The van der Waals surface area contributed by atoms with Crippen LogP contribution in [0, 0.1) is 6.92 Å². The number of fused-ring (bicyclic) bond motifs is 1. The number of rotatable bonds is 6. The molecule has 3 aromatic rings. The SMILES string of the molecule is C=CCn1c(C(=O)Nc2cccc(C(=O)O)c2)c(C)c2cc(C(C)C)ccc21. The van der Waals surface area contributed by atoms with E-state index < -0.39 is 5.97 Å². The molecule has 0 saturated carbocycles. The maximum Gasteiger partial charge on any atom is 0.335 e. The molecule has 0 atom stereocenters. The van der Waals surface area contributed by atoms with Crippen molar-refractivity contribution >= 4 is 28.5 Å². The van der Waals surface area contributed by atoms with E-state index >= 15 is 0 Å². The zero-order valence-electron chi connectivity index (χ0n) is 16.3. The Labute approximate surface area is 164 Å². The molecule has 5 heteroatoms. The summed E-state index contributed by atoms with van der Waals surface area (Å²) >= 11 is 0. The van der Waals surface area contributed by atoms with Gasteiger partial charge in [0.2, 0.25) is 0 Å². The van der Waals surface area contributed by atoms with Crippen LogP contribution in [0.1, 0.15) is 51.7 Å². The highest BCUT2D eigenvalue weighted by atomic mass is 16.4. The number of anilines is 1. The predicted octanol–water partition coefficient (Wildman–Crippen LogP) is 5.21. The highest BCUT2D eigenvalue weighted by Gasteiger charge is 2.21. The smallest absolute Gasteiger partial charge is 0.335 e. The van der Waals surface area contributed by atoms with Gasteiger partial charge in [0.25, 0.3) is 5.91 Å². The molecule has 5 nitrogen and oxygen atoms in total. The summed E-state index contributed by atoms with van der Waals surface area (Å²) in [5, 5.41) is 13.0. The number of aromatic nitrogens is 1. The molecular formula is C23H24N2O3. The van der Waals surface area contributed by atoms with E-state index in [1.165, 1.54) is 17.7 Å². The molecule has 0 saturated heterocycles. The van der Waals surface area contributed by atoms with Crippen molar-refractivity contribution in [1.82, 2.24) is 4.57 Å². The summed E-state index contributed by atoms with van der Waals surface area (Å²) in [6.45, 7) is 10.5. The highest BCUT2D eigenvalue weighted by molar-refractivity contribution is 6.08. The lowest BCUT2D eigenvalue weighted by Gasteiger charge is -2.11. The first-order valence-electron chi connectivity index (χ1n) is 9.21. The fourth-order valence-corrected chi connectivity index (χ4v) is 3.43. The second-order valence-electron chi connectivity index (χ2n) is 7.14. The number of nitrogens with one attached hydrogen (secondary N) is 1. The Morgan fingerprint density at radius 3 is 2.61 bits per heavy atom. The lowest BCUT2D eigenvalue weighted by molar-refractivity contribution is 0.0696. The third-order valence-corrected chi connectivity index (χ3v) is 4.90. The van der Waals surface area contributed by atoms with Crippen LogP contribution in [-0.4, -0.2) is 21.6 Å². The number of carboxylic acid groups (broad SMARTS) is 1. The average Bonchev–Trinajstić information content (AvgIpc) is 2.94. The van der Waals surface area contributed by atoms with Gasteiger partial charge in [-0.2, -0.15) is 0 Å². The van der Waals surface area contributed by atoms with Crippen molar-refractivity contribution in [3.8, 4) is 0 Å². The van der Waals surface area contributed by atoms with E-state index in [1.807, 2.05) is 17.6 Å². The Bertz CT molecular complexity index is 1080. The number of aromatic carboxylic acids is 1. The standard InChI is InChI=1S/C23H24N2O3/c1-5-11-25-20-10-9-16(14(2)3)13-19(20)15(4)21(25)22(26)24-18-8-6-7-17(12-18)23(27)28/h5-10,12-14H,1,11H2,2-4H3,(H,24,26)(H,27,28). The van der Waals surface area contributed by atoms with E-state index in [4.69, 9.17) is 5.11 Å². The lowest BCUT2D eigenvalue weighted by Crippen LogP contribution is -2.18. The van der Waals surface area contributed by atoms with E-state index in [-0.39, 0.29) is 11.5 Å². The van der Waals surface area contributed by atoms with Crippen LogP contribution in [0.4, 0.5) is 5.69 Å². The van der Waals surface area contributed by atoms with Crippen LogP contribution in [0.5, 0.6) is 0 Å². The molecule has 1 heterocycles. The Morgan fingerprint density at radius 1 is 1.21 bits per heavy atom. The van der Waals surface area contributed by atoms with Crippen molar-refractivity contribution in [2.75, 3.05) is 5.32 Å². The van der Waals surface area contributed by atoms with Crippen molar-refractivity contribution in [2.45, 2.75) is 33.2 Å². The Balaban J connectivity index is 2.08. The number of aryl methyl sites for hydroxylation is 1. The molecule has 28 heavy (non-hydrogen) atoms. The molecule has 1 amide bonds. The molecule has 2 N–H and O–H groups in total. The number of hydrogen-bond acceptors (Lipinski definition) is 2. The van der Waals surface area contributed by atoms with Gasteiger partial charge in [0.05, 0.1) is 5.56 Å². The number of amides is 1. The largest absolute Gasteiger partial charge is 0.478 e. The predicted molar refractivity (Wildman–Crippen MR) is 112 cm³/mol. The Hall–Kier alpha value is -3.34. The molecule has 1 aromatic heterocycles. The number of carboxylic acids is 1. The maximum absolute atomic E-state index is 13.1. The van der Waals surface area contributed by atoms with Crippen LogP contribution in [0.15, 0.2) is 55.1 Å². The summed E-state index contributed by atoms with van der Waals surface area (Å²) in [6, 6.07) is 12.5. The van der Waals surface area contributed by atoms with Crippen LogP contribution in [0.25, 0.3) is 10.9 Å². The van der Waals surface area contributed by atoms with Gasteiger partial charge in [0.1, 0.15) is 5.69 Å². The zero-order chi connectivity index (χ0) is 20.4. The first-order chi connectivity index (χ1) is 13.3. The molecule has 0 fully saturated rings. The first-order valence-corrected chi connectivity index (χ1v) is 9.21. The summed E-state index contributed by atoms with van der Waals surface area (Å²) in [5.41, 5.74) is 4.21. The summed E-state index contributed by atoms with van der Waals surface area (Å²) < 4.78 is 1.94. The molecule has 0 radical (unpaired) electrons. The quantitative estimate of drug-likeness (QED) is 0.580. The topological polar surface area (TPSA) is 71.3 Å². The number of hydrogen-bond donors (Lipinski definition) is 2. The molecule has 0 aliphatic rings. The van der Waals surface area contributed by atoms with E-state index in [0.29, 0.717) is 23.8 Å². The molecular weight excluding hydrogens is 352 g/mol. The van der Waals surface area contributed by atoms with Crippen LogP contribution < -0.4 is 5.32 Å². The maximum atomic E-state index is 13.1. The van der Waals surface area contributed by atoms with Crippen LogP contribution in [0.3, 0.4) is 0 Å². The fraction of sp³-hybridized carbons (Fsp3) is 0.217. The van der Waals surface area contributed by atoms with Gasteiger partial charge in [-0.15, -0.1) is 6.58 Å². The molecule has 0 aliphatic heterocycles. The minimum Gasteiger partial charge on any atom is -0.478 e. The highest BCUT2D eigenvalue weighted by Crippen LogP contribution is 2.30. The summed E-state index contributed by atoms with van der Waals surface area (Å²) in [7, 11) is 0.